The van der Waals surface area contributed by atoms with E-state index in [1.165, 1.54) is 22.4 Å². The van der Waals surface area contributed by atoms with Crippen molar-refractivity contribution < 1.29 is 4.79 Å². The van der Waals surface area contributed by atoms with Crippen LogP contribution >= 0.6 is 0 Å². The number of rotatable bonds is 3. The van der Waals surface area contributed by atoms with Crippen molar-refractivity contribution in [3.8, 4) is 0 Å². The van der Waals surface area contributed by atoms with Crippen LogP contribution in [0.1, 0.15) is 27.0 Å². The summed E-state index contributed by atoms with van der Waals surface area (Å²) in [6.07, 6.45) is 1.04. The Hall–Kier alpha value is -2.09. The summed E-state index contributed by atoms with van der Waals surface area (Å²) >= 11 is 0. The molecule has 0 aromatic heterocycles. The number of benzene rings is 2. The lowest BCUT2D eigenvalue weighted by Crippen LogP contribution is -2.28. The molecule has 0 bridgehead atoms. The largest absolute Gasteiger partial charge is 0.363 e. The maximum atomic E-state index is 12.4. The number of carbonyl (C=O) groups is 1. The summed E-state index contributed by atoms with van der Waals surface area (Å²) in [6.45, 7) is 5.53. The van der Waals surface area contributed by atoms with Crippen LogP contribution < -0.4 is 4.90 Å². The van der Waals surface area contributed by atoms with E-state index in [9.17, 15) is 4.79 Å². The first-order chi connectivity index (χ1) is 9.65. The van der Waals surface area contributed by atoms with Crippen molar-refractivity contribution in [3.63, 3.8) is 0 Å². The summed E-state index contributed by atoms with van der Waals surface area (Å²) in [5.41, 5.74) is 5.79. The number of Topliss-reactive ketones (excluding diaryl/α,β-unsaturated/α-hetero) is 1. The first-order valence-electron chi connectivity index (χ1n) is 7.08. The third-order valence-electron chi connectivity index (χ3n) is 4.15. The third kappa shape index (κ3) is 2.34. The highest BCUT2D eigenvalue weighted by atomic mass is 16.1. The third-order valence-corrected chi connectivity index (χ3v) is 4.15. The molecule has 2 aromatic rings. The van der Waals surface area contributed by atoms with E-state index in [1.807, 2.05) is 24.3 Å². The van der Waals surface area contributed by atoms with Gasteiger partial charge in [0, 0.05) is 17.8 Å². The molecule has 1 aliphatic heterocycles. The molecule has 1 aliphatic rings. The highest BCUT2D eigenvalue weighted by Crippen LogP contribution is 2.27. The number of hydrogen-bond acceptors (Lipinski definition) is 2. The van der Waals surface area contributed by atoms with Crippen molar-refractivity contribution in [1.29, 1.82) is 0 Å². The van der Waals surface area contributed by atoms with Gasteiger partial charge >= 0.3 is 0 Å². The first kappa shape index (κ1) is 12.9. The zero-order chi connectivity index (χ0) is 14.1. The summed E-state index contributed by atoms with van der Waals surface area (Å²) < 4.78 is 0. The fourth-order valence-electron chi connectivity index (χ4n) is 2.75. The average Bonchev–Trinajstić information content (AvgIpc) is 2.85. The van der Waals surface area contributed by atoms with Gasteiger partial charge in [-0.05, 0) is 49.1 Å². The van der Waals surface area contributed by atoms with Gasteiger partial charge in [-0.1, -0.05) is 30.3 Å². The van der Waals surface area contributed by atoms with Crippen LogP contribution in [0.15, 0.2) is 42.5 Å². The fourth-order valence-corrected chi connectivity index (χ4v) is 2.75. The highest BCUT2D eigenvalue weighted by molar-refractivity contribution is 5.99. The van der Waals surface area contributed by atoms with Crippen LogP contribution in [0, 0.1) is 13.8 Å². The molecule has 0 aliphatic carbocycles. The van der Waals surface area contributed by atoms with Crippen LogP contribution in [0.25, 0.3) is 0 Å². The predicted octanol–water partition coefficient (Wildman–Crippen LogP) is 3.55. The molecule has 0 saturated heterocycles. The predicted molar refractivity (Wildman–Crippen MR) is 82.6 cm³/mol. The number of para-hydroxylation sites is 1. The van der Waals surface area contributed by atoms with E-state index in [4.69, 9.17) is 0 Å². The molecule has 2 heteroatoms. The maximum Gasteiger partial charge on any atom is 0.182 e. The second-order valence-corrected chi connectivity index (χ2v) is 5.52. The molecule has 3 rings (SSSR count). The van der Waals surface area contributed by atoms with Gasteiger partial charge in [-0.15, -0.1) is 0 Å². The molecule has 0 N–H and O–H groups in total. The quantitative estimate of drug-likeness (QED) is 0.791. The van der Waals surface area contributed by atoms with Gasteiger partial charge in [-0.2, -0.15) is 0 Å². The van der Waals surface area contributed by atoms with Gasteiger partial charge in [0.15, 0.2) is 5.78 Å². The number of carbonyl (C=O) groups excluding carboxylic acids is 1. The monoisotopic (exact) mass is 265 g/mol. The summed E-state index contributed by atoms with van der Waals surface area (Å²) in [5.74, 6) is 0.199. The molecule has 0 radical (unpaired) electrons. The average molecular weight is 265 g/mol. The topological polar surface area (TPSA) is 20.3 Å². The lowest BCUT2D eigenvalue weighted by Gasteiger charge is -2.18. The Balaban J connectivity index is 1.79. The van der Waals surface area contributed by atoms with Gasteiger partial charge in [0.05, 0.1) is 6.54 Å². The molecule has 0 atom stereocenters. The van der Waals surface area contributed by atoms with Crippen LogP contribution in [-0.2, 0) is 6.42 Å². The molecular formula is C18H19NO. The molecule has 0 fully saturated rings. The number of fused-ring (bicyclic) bond motifs is 1. The molecule has 102 valence electrons. The Morgan fingerprint density at radius 2 is 1.90 bits per heavy atom. The Kier molecular flexibility index (Phi) is 3.31. The molecule has 1 heterocycles. The molecular weight excluding hydrogens is 246 g/mol. The molecule has 0 spiro atoms. The smallest absolute Gasteiger partial charge is 0.182 e. The lowest BCUT2D eigenvalue weighted by molar-refractivity contribution is 0.0999. The van der Waals surface area contributed by atoms with Crippen molar-refractivity contribution in [3.05, 3.63) is 64.7 Å². The summed E-state index contributed by atoms with van der Waals surface area (Å²) in [6, 6.07) is 14.3. The summed E-state index contributed by atoms with van der Waals surface area (Å²) in [5, 5.41) is 0. The number of ketones is 1. The zero-order valence-electron chi connectivity index (χ0n) is 12.0. The van der Waals surface area contributed by atoms with Gasteiger partial charge in [-0.25, -0.2) is 0 Å². The van der Waals surface area contributed by atoms with Gasteiger partial charge < -0.3 is 4.90 Å². The van der Waals surface area contributed by atoms with Crippen LogP contribution in [0.5, 0.6) is 0 Å². The van der Waals surface area contributed by atoms with Gasteiger partial charge in [0.1, 0.15) is 0 Å². The minimum atomic E-state index is 0.199. The minimum Gasteiger partial charge on any atom is -0.363 e. The van der Waals surface area contributed by atoms with E-state index in [2.05, 4.69) is 36.9 Å². The van der Waals surface area contributed by atoms with Crippen molar-refractivity contribution in [2.45, 2.75) is 20.3 Å². The van der Waals surface area contributed by atoms with Gasteiger partial charge in [0.25, 0.3) is 0 Å². The van der Waals surface area contributed by atoms with Crippen LogP contribution in [0.4, 0.5) is 5.69 Å². The van der Waals surface area contributed by atoms with E-state index >= 15 is 0 Å². The molecule has 2 aromatic carbocycles. The Morgan fingerprint density at radius 3 is 2.70 bits per heavy atom. The van der Waals surface area contributed by atoms with Crippen molar-refractivity contribution in [2.24, 2.45) is 0 Å². The summed E-state index contributed by atoms with van der Waals surface area (Å²) in [4.78, 5) is 14.6. The molecule has 2 nitrogen and oxygen atoms in total. The fraction of sp³-hybridized carbons (Fsp3) is 0.278. The number of anilines is 1. The molecule has 0 saturated carbocycles. The van der Waals surface area contributed by atoms with Crippen molar-refractivity contribution >= 4 is 11.5 Å². The second kappa shape index (κ2) is 5.12. The Morgan fingerprint density at radius 1 is 1.10 bits per heavy atom. The van der Waals surface area contributed by atoms with Crippen LogP contribution in [-0.4, -0.2) is 18.9 Å². The normalized spacial score (nSPS) is 13.4. The SMILES string of the molecule is Cc1ccc(C(=O)CN2CCc3ccccc32)cc1C. The van der Waals surface area contributed by atoms with E-state index in [0.717, 1.165) is 18.5 Å². The van der Waals surface area contributed by atoms with Crippen molar-refractivity contribution in [2.75, 3.05) is 18.0 Å². The molecule has 0 unspecified atom stereocenters. The van der Waals surface area contributed by atoms with Crippen LogP contribution in [0.2, 0.25) is 0 Å². The van der Waals surface area contributed by atoms with E-state index in [0.29, 0.717) is 6.54 Å². The lowest BCUT2D eigenvalue weighted by atomic mass is 10.0. The van der Waals surface area contributed by atoms with E-state index in [1.54, 1.807) is 0 Å². The molecule has 20 heavy (non-hydrogen) atoms. The second-order valence-electron chi connectivity index (χ2n) is 5.52. The van der Waals surface area contributed by atoms with E-state index < -0.39 is 0 Å². The number of aryl methyl sites for hydroxylation is 2. The Labute approximate surface area is 120 Å². The zero-order valence-corrected chi connectivity index (χ0v) is 12.0. The van der Waals surface area contributed by atoms with Gasteiger partial charge in [0.2, 0.25) is 0 Å². The van der Waals surface area contributed by atoms with Gasteiger partial charge in [-0.3, -0.25) is 4.79 Å². The number of nitrogens with zero attached hydrogens (tertiary/aromatic N) is 1. The highest BCUT2D eigenvalue weighted by Gasteiger charge is 2.21. The minimum absolute atomic E-state index is 0.199. The van der Waals surface area contributed by atoms with Crippen LogP contribution in [0.3, 0.4) is 0 Å². The standard InChI is InChI=1S/C18H19NO/c1-13-7-8-16(11-14(13)2)18(20)12-19-10-9-15-5-3-4-6-17(15)19/h3-8,11H,9-10,12H2,1-2H3. The first-order valence-corrected chi connectivity index (χ1v) is 7.08. The number of hydrogen-bond donors (Lipinski definition) is 0. The molecule has 0 amide bonds. The maximum absolute atomic E-state index is 12.4. The van der Waals surface area contributed by atoms with E-state index in [-0.39, 0.29) is 5.78 Å². The van der Waals surface area contributed by atoms with Crippen molar-refractivity contribution in [1.82, 2.24) is 0 Å². The Bertz CT molecular complexity index is 660. The summed E-state index contributed by atoms with van der Waals surface area (Å²) in [7, 11) is 0.